The molecular weight excluding hydrogens is 296 g/mol. The maximum absolute atomic E-state index is 11.3. The number of nitrogens with one attached hydrogen (secondary N) is 1. The van der Waals surface area contributed by atoms with Gasteiger partial charge in [0.05, 0.1) is 17.4 Å². The topological polar surface area (TPSA) is 110 Å². The molecule has 0 aliphatic carbocycles. The van der Waals surface area contributed by atoms with Crippen LogP contribution in [-0.2, 0) is 11.3 Å². The average molecular weight is 307 g/mol. The highest BCUT2D eigenvalue weighted by molar-refractivity contribution is 9.10. The average Bonchev–Trinajstić information content (AvgIpc) is 2.55. The Morgan fingerprint density at radius 3 is 2.82 bits per heavy atom. The van der Waals surface area contributed by atoms with E-state index in [9.17, 15) is 14.9 Å². The molecule has 0 fully saturated rings. The fraction of sp³-hybridized carbons (Fsp3) is 0.500. The van der Waals surface area contributed by atoms with Gasteiger partial charge in [0.15, 0.2) is 0 Å². The second-order valence-corrected chi connectivity index (χ2v) is 4.00. The number of hydrogen-bond donors (Lipinski definition) is 2. The predicted octanol–water partition coefficient (Wildman–Crippen LogP) is -0.0293. The van der Waals surface area contributed by atoms with Crippen molar-refractivity contribution in [2.75, 3.05) is 13.2 Å². The van der Waals surface area contributed by atoms with E-state index in [0.29, 0.717) is 5.69 Å². The van der Waals surface area contributed by atoms with E-state index in [4.69, 9.17) is 5.11 Å². The minimum Gasteiger partial charge on any atom is -0.395 e. The van der Waals surface area contributed by atoms with Crippen LogP contribution in [0.2, 0.25) is 0 Å². The van der Waals surface area contributed by atoms with Crippen molar-refractivity contribution in [1.29, 1.82) is 0 Å². The van der Waals surface area contributed by atoms with Crippen LogP contribution >= 0.6 is 15.9 Å². The molecule has 0 unspecified atom stereocenters. The monoisotopic (exact) mass is 306 g/mol. The van der Waals surface area contributed by atoms with Gasteiger partial charge in [-0.25, -0.2) is 0 Å². The Labute approximate surface area is 105 Å². The van der Waals surface area contributed by atoms with Crippen LogP contribution in [0.15, 0.2) is 4.47 Å². The Balaban J connectivity index is 2.82. The van der Waals surface area contributed by atoms with Crippen LogP contribution in [0.3, 0.4) is 0 Å². The van der Waals surface area contributed by atoms with Crippen molar-refractivity contribution in [2.45, 2.75) is 13.5 Å². The number of rotatable bonds is 5. The standard InChI is InChI=1S/C8H11BrN4O4/c1-5-7(9)8(13(16)17)11-12(5)4-6(15)10-2-3-14/h14H,2-4H2,1H3,(H,10,15). The van der Waals surface area contributed by atoms with Gasteiger partial charge in [-0.1, -0.05) is 0 Å². The first-order valence-corrected chi connectivity index (χ1v) is 5.51. The van der Waals surface area contributed by atoms with Crippen molar-refractivity contribution in [2.24, 2.45) is 0 Å². The second kappa shape index (κ2) is 5.73. The van der Waals surface area contributed by atoms with Gasteiger partial charge in [-0.05, 0) is 27.8 Å². The zero-order valence-electron chi connectivity index (χ0n) is 9.01. The number of nitro groups is 1. The molecule has 1 heterocycles. The van der Waals surface area contributed by atoms with E-state index in [1.54, 1.807) is 6.92 Å². The van der Waals surface area contributed by atoms with Crippen molar-refractivity contribution >= 4 is 27.7 Å². The molecule has 17 heavy (non-hydrogen) atoms. The first-order chi connectivity index (χ1) is 7.97. The minimum absolute atomic E-state index is 0.127. The van der Waals surface area contributed by atoms with Crippen LogP contribution in [0.4, 0.5) is 5.82 Å². The molecule has 0 aliphatic heterocycles. The molecule has 0 aliphatic rings. The fourth-order valence-electron chi connectivity index (χ4n) is 1.17. The summed E-state index contributed by atoms with van der Waals surface area (Å²) in [6.45, 7) is 1.47. The third-order valence-corrected chi connectivity index (χ3v) is 2.95. The molecule has 0 spiro atoms. The lowest BCUT2D eigenvalue weighted by atomic mass is 10.4. The lowest BCUT2D eigenvalue weighted by molar-refractivity contribution is -0.390. The first-order valence-electron chi connectivity index (χ1n) is 4.72. The van der Waals surface area contributed by atoms with Crippen molar-refractivity contribution in [3.05, 3.63) is 20.3 Å². The summed E-state index contributed by atoms with van der Waals surface area (Å²) >= 11 is 3.05. The summed E-state index contributed by atoms with van der Waals surface area (Å²) < 4.78 is 1.49. The van der Waals surface area contributed by atoms with Crippen molar-refractivity contribution < 1.29 is 14.8 Å². The molecule has 94 valence electrons. The SMILES string of the molecule is Cc1c(Br)c([N+](=O)[O-])nn1CC(=O)NCCO. The molecule has 1 aromatic heterocycles. The Hall–Kier alpha value is -1.48. The molecule has 0 saturated heterocycles. The Morgan fingerprint density at radius 2 is 2.35 bits per heavy atom. The number of nitrogens with zero attached hydrogens (tertiary/aromatic N) is 3. The molecule has 1 amide bonds. The third kappa shape index (κ3) is 3.24. The van der Waals surface area contributed by atoms with Crippen LogP contribution in [0.25, 0.3) is 0 Å². The summed E-state index contributed by atoms with van der Waals surface area (Å²) in [5, 5.41) is 25.3. The molecule has 9 heteroatoms. The van der Waals surface area contributed by atoms with E-state index < -0.39 is 4.92 Å². The summed E-state index contributed by atoms with van der Waals surface area (Å²) in [7, 11) is 0. The Bertz CT molecular complexity index is 445. The molecule has 0 radical (unpaired) electrons. The largest absolute Gasteiger partial charge is 0.404 e. The third-order valence-electron chi connectivity index (χ3n) is 2.02. The highest BCUT2D eigenvalue weighted by atomic mass is 79.9. The molecular formula is C8H11BrN4O4. The van der Waals surface area contributed by atoms with E-state index in [1.807, 2.05) is 0 Å². The summed E-state index contributed by atoms with van der Waals surface area (Å²) in [5.74, 6) is -0.690. The van der Waals surface area contributed by atoms with Gasteiger partial charge in [-0.2, -0.15) is 4.68 Å². The number of carbonyl (C=O) groups excluding carboxylic acids is 1. The number of halogens is 1. The molecule has 2 N–H and O–H groups in total. The van der Waals surface area contributed by atoms with E-state index >= 15 is 0 Å². The van der Waals surface area contributed by atoms with Gasteiger partial charge in [-0.15, -0.1) is 0 Å². The molecule has 1 rings (SSSR count). The normalized spacial score (nSPS) is 10.3. The lowest BCUT2D eigenvalue weighted by Crippen LogP contribution is -2.30. The Morgan fingerprint density at radius 1 is 1.71 bits per heavy atom. The van der Waals surface area contributed by atoms with E-state index in [0.717, 1.165) is 0 Å². The van der Waals surface area contributed by atoms with Gasteiger partial charge in [0.2, 0.25) is 5.91 Å². The van der Waals surface area contributed by atoms with Crippen LogP contribution < -0.4 is 5.32 Å². The molecule has 0 aromatic carbocycles. The maximum atomic E-state index is 11.3. The molecule has 0 saturated carbocycles. The van der Waals surface area contributed by atoms with Gasteiger partial charge in [0.1, 0.15) is 11.0 Å². The summed E-state index contributed by atoms with van der Waals surface area (Å²) in [4.78, 5) is 21.3. The Kier molecular flexibility index (Phi) is 4.58. The zero-order chi connectivity index (χ0) is 13.0. The highest BCUT2D eigenvalue weighted by Crippen LogP contribution is 2.26. The number of aromatic nitrogens is 2. The highest BCUT2D eigenvalue weighted by Gasteiger charge is 2.24. The van der Waals surface area contributed by atoms with Gasteiger partial charge in [0, 0.05) is 6.54 Å². The second-order valence-electron chi connectivity index (χ2n) is 3.21. The van der Waals surface area contributed by atoms with Crippen LogP contribution in [-0.4, -0.2) is 38.9 Å². The van der Waals surface area contributed by atoms with Crippen molar-refractivity contribution in [3.63, 3.8) is 0 Å². The minimum atomic E-state index is -0.626. The number of aliphatic hydroxyl groups excluding tert-OH is 1. The van der Waals surface area contributed by atoms with Crippen LogP contribution in [0, 0.1) is 17.0 Å². The van der Waals surface area contributed by atoms with Gasteiger partial charge >= 0.3 is 5.82 Å². The lowest BCUT2D eigenvalue weighted by Gasteiger charge is -2.01. The molecule has 0 bridgehead atoms. The van der Waals surface area contributed by atoms with E-state index in [1.165, 1.54) is 4.68 Å². The van der Waals surface area contributed by atoms with Gasteiger partial charge in [-0.3, -0.25) is 4.79 Å². The number of carbonyl (C=O) groups is 1. The maximum Gasteiger partial charge on any atom is 0.404 e. The number of hydrogen-bond acceptors (Lipinski definition) is 5. The number of aliphatic hydroxyl groups is 1. The molecule has 1 aromatic rings. The predicted molar refractivity (Wildman–Crippen MR) is 61.4 cm³/mol. The molecule has 8 nitrogen and oxygen atoms in total. The molecule has 0 atom stereocenters. The smallest absolute Gasteiger partial charge is 0.395 e. The first kappa shape index (κ1) is 13.6. The van der Waals surface area contributed by atoms with Crippen LogP contribution in [0.5, 0.6) is 0 Å². The summed E-state index contributed by atoms with van der Waals surface area (Å²) in [6, 6.07) is 0. The summed E-state index contributed by atoms with van der Waals surface area (Å²) in [5.41, 5.74) is 0.496. The van der Waals surface area contributed by atoms with Gasteiger partial charge in [0.25, 0.3) is 0 Å². The van der Waals surface area contributed by atoms with E-state index in [2.05, 4.69) is 26.3 Å². The fourth-order valence-corrected chi connectivity index (χ4v) is 1.59. The van der Waals surface area contributed by atoms with Gasteiger partial charge < -0.3 is 20.5 Å². The van der Waals surface area contributed by atoms with Crippen molar-refractivity contribution in [1.82, 2.24) is 15.1 Å². The van der Waals surface area contributed by atoms with E-state index in [-0.39, 0.29) is 35.9 Å². The number of amides is 1. The summed E-state index contributed by atoms with van der Waals surface area (Å²) in [6.07, 6.45) is 0. The van der Waals surface area contributed by atoms with Crippen molar-refractivity contribution in [3.8, 4) is 0 Å². The zero-order valence-corrected chi connectivity index (χ0v) is 10.6. The van der Waals surface area contributed by atoms with Crippen LogP contribution in [0.1, 0.15) is 5.69 Å². The quantitative estimate of drug-likeness (QED) is 0.586.